The molecule has 1 amide bonds. The van der Waals surface area contributed by atoms with E-state index in [4.69, 9.17) is 22.1 Å². The Morgan fingerprint density at radius 2 is 2.08 bits per heavy atom. The summed E-state index contributed by atoms with van der Waals surface area (Å²) >= 11 is 5.99. The fourth-order valence-electron chi connectivity index (χ4n) is 2.47. The Morgan fingerprint density at radius 3 is 2.68 bits per heavy atom. The van der Waals surface area contributed by atoms with Gasteiger partial charge in [0.1, 0.15) is 17.5 Å². The molecule has 8 nitrogen and oxygen atoms in total. The SMILES string of the molecule is Cl.NC1C(=O)N2C=C(Cl)C[S+](C(=O)OCc3ccc([N+](=O)[O-])cc3)[C@H]12. The first-order valence-electron chi connectivity index (χ1n) is 6.92. The zero-order valence-electron chi connectivity index (χ0n) is 12.7. The van der Waals surface area contributed by atoms with Gasteiger partial charge in [-0.3, -0.25) is 19.8 Å². The number of halogens is 2. The zero-order valence-corrected chi connectivity index (χ0v) is 15.1. The highest BCUT2D eigenvalue weighted by atomic mass is 35.5. The number of fused-ring (bicyclic) bond motifs is 1. The number of nitrogens with two attached hydrogens (primary N) is 1. The van der Waals surface area contributed by atoms with Crippen molar-refractivity contribution in [2.75, 3.05) is 5.75 Å². The number of β-lactam (4-membered cyclic amide) rings is 1. The summed E-state index contributed by atoms with van der Waals surface area (Å²) in [5.41, 5.74) is 6.36. The molecule has 0 spiro atoms. The molecular weight excluding hydrogens is 393 g/mol. The maximum atomic E-state index is 12.3. The number of hydrogen-bond donors (Lipinski definition) is 1. The molecule has 3 atom stereocenters. The van der Waals surface area contributed by atoms with Crippen LogP contribution in [0.1, 0.15) is 5.56 Å². The van der Waals surface area contributed by atoms with E-state index < -0.39 is 32.5 Å². The average molecular weight is 407 g/mol. The second-order valence-electron chi connectivity index (χ2n) is 5.27. The van der Waals surface area contributed by atoms with Crippen LogP contribution >= 0.6 is 24.0 Å². The monoisotopic (exact) mass is 406 g/mol. The van der Waals surface area contributed by atoms with E-state index in [1.54, 1.807) is 0 Å². The van der Waals surface area contributed by atoms with Crippen molar-refractivity contribution in [1.82, 2.24) is 4.90 Å². The van der Waals surface area contributed by atoms with Gasteiger partial charge in [-0.05, 0) is 17.7 Å². The van der Waals surface area contributed by atoms with Gasteiger partial charge in [-0.2, -0.15) is 4.79 Å². The van der Waals surface area contributed by atoms with Crippen LogP contribution in [0.25, 0.3) is 0 Å². The van der Waals surface area contributed by atoms with Gasteiger partial charge in [-0.25, -0.2) is 0 Å². The quantitative estimate of drug-likeness (QED) is 0.269. The number of carbonyl (C=O) groups excluding carboxylic acids is 2. The number of rotatable bonds is 3. The Balaban J connectivity index is 0.00000225. The van der Waals surface area contributed by atoms with Gasteiger partial charge in [-0.1, -0.05) is 11.6 Å². The minimum atomic E-state index is -0.933. The minimum absolute atomic E-state index is 0. The third-order valence-electron chi connectivity index (χ3n) is 3.70. The molecule has 1 aromatic rings. The van der Waals surface area contributed by atoms with E-state index in [1.165, 1.54) is 35.4 Å². The summed E-state index contributed by atoms with van der Waals surface area (Å²) in [6.07, 6.45) is 1.50. The van der Waals surface area contributed by atoms with Crippen molar-refractivity contribution in [2.24, 2.45) is 5.73 Å². The Hall–Kier alpha value is -1.81. The molecule has 0 saturated carbocycles. The van der Waals surface area contributed by atoms with Crippen LogP contribution in [0.2, 0.25) is 0 Å². The zero-order chi connectivity index (χ0) is 17.4. The summed E-state index contributed by atoms with van der Waals surface area (Å²) < 4.78 is 5.28. The molecule has 0 aromatic heterocycles. The molecule has 0 bridgehead atoms. The molecule has 134 valence electrons. The molecule has 3 rings (SSSR count). The molecule has 2 aliphatic heterocycles. The van der Waals surface area contributed by atoms with Crippen LogP contribution in [-0.4, -0.2) is 38.2 Å². The normalized spacial score (nSPS) is 24.4. The van der Waals surface area contributed by atoms with Gasteiger partial charge < -0.3 is 10.5 Å². The number of nitro groups is 1. The number of nitrogens with zero attached hydrogens (tertiary/aromatic N) is 2. The molecule has 1 aromatic carbocycles. The average Bonchev–Trinajstić information content (AvgIpc) is 2.58. The van der Waals surface area contributed by atoms with Crippen molar-refractivity contribution in [3.05, 3.63) is 51.2 Å². The Labute approximate surface area is 156 Å². The summed E-state index contributed by atoms with van der Waals surface area (Å²) in [4.78, 5) is 35.5. The van der Waals surface area contributed by atoms with Gasteiger partial charge in [0.25, 0.3) is 11.6 Å². The van der Waals surface area contributed by atoms with E-state index in [-0.39, 0.29) is 30.6 Å². The Bertz CT molecular complexity index is 742. The number of ether oxygens (including phenoxy) is 1. The highest BCUT2D eigenvalue weighted by molar-refractivity contribution is 8.11. The highest BCUT2D eigenvalue weighted by Gasteiger charge is 2.61. The number of hydrogen-bond acceptors (Lipinski definition) is 6. The standard InChI is InChI=1S/C14H13ClN3O5S.ClH/c15-9-5-17-12(19)11(16)13(17)24(7-9)14(20)23-6-8-1-3-10(4-2-8)18(21)22;/h1-5,11,13H,6-7,16H2;1H/q+1;/t11?,13-,24?;/m1./s1. The van der Waals surface area contributed by atoms with Gasteiger partial charge in [-0.15, -0.1) is 12.4 Å². The van der Waals surface area contributed by atoms with Gasteiger partial charge in [0.2, 0.25) is 5.37 Å². The van der Waals surface area contributed by atoms with E-state index in [0.29, 0.717) is 16.3 Å². The molecule has 2 aliphatic rings. The van der Waals surface area contributed by atoms with E-state index in [1.807, 2.05) is 0 Å². The molecule has 0 aliphatic carbocycles. The van der Waals surface area contributed by atoms with E-state index in [2.05, 4.69) is 0 Å². The van der Waals surface area contributed by atoms with Crippen molar-refractivity contribution in [3.63, 3.8) is 0 Å². The molecule has 11 heteroatoms. The van der Waals surface area contributed by atoms with Gasteiger partial charge in [0.05, 0.1) is 9.96 Å². The van der Waals surface area contributed by atoms with E-state index >= 15 is 0 Å². The lowest BCUT2D eigenvalue weighted by atomic mass is 10.1. The Kier molecular flexibility index (Phi) is 5.94. The van der Waals surface area contributed by atoms with E-state index in [9.17, 15) is 19.7 Å². The van der Waals surface area contributed by atoms with Gasteiger partial charge in [0.15, 0.2) is 11.8 Å². The minimum Gasteiger partial charge on any atom is -0.421 e. The summed E-state index contributed by atoms with van der Waals surface area (Å²) in [7, 11) is -0.933. The predicted octanol–water partition coefficient (Wildman–Crippen LogP) is 1.86. The number of benzene rings is 1. The molecule has 1 fully saturated rings. The summed E-state index contributed by atoms with van der Waals surface area (Å²) in [5.74, 6) is 0.0292. The maximum absolute atomic E-state index is 12.3. The molecule has 0 radical (unpaired) electrons. The van der Waals surface area contributed by atoms with Crippen LogP contribution in [0.3, 0.4) is 0 Å². The fourth-order valence-corrected chi connectivity index (χ4v) is 4.91. The highest BCUT2D eigenvalue weighted by Crippen LogP contribution is 2.34. The third kappa shape index (κ3) is 3.74. The number of nitro benzene ring substituents is 1. The number of non-ortho nitro benzene ring substituents is 1. The largest absolute Gasteiger partial charge is 0.528 e. The van der Waals surface area contributed by atoms with Crippen LogP contribution in [0, 0.1) is 10.1 Å². The van der Waals surface area contributed by atoms with Crippen molar-refractivity contribution >= 4 is 51.8 Å². The smallest absolute Gasteiger partial charge is 0.421 e. The van der Waals surface area contributed by atoms with Gasteiger partial charge in [0, 0.05) is 18.3 Å². The van der Waals surface area contributed by atoms with Crippen LogP contribution in [0.4, 0.5) is 10.5 Å². The summed E-state index contributed by atoms with van der Waals surface area (Å²) in [6, 6.07) is 5.00. The molecule has 25 heavy (non-hydrogen) atoms. The van der Waals surface area contributed by atoms with Crippen molar-refractivity contribution in [2.45, 2.75) is 18.0 Å². The van der Waals surface area contributed by atoms with Crippen LogP contribution in [0.15, 0.2) is 35.5 Å². The van der Waals surface area contributed by atoms with Crippen LogP contribution in [-0.2, 0) is 27.0 Å². The lowest BCUT2D eigenvalue weighted by Crippen LogP contribution is -2.71. The molecule has 2 unspecified atom stereocenters. The summed E-state index contributed by atoms with van der Waals surface area (Å²) in [5, 5.41) is 10.1. The summed E-state index contributed by atoms with van der Waals surface area (Å²) in [6.45, 7) is -0.0163. The first kappa shape index (κ1) is 19.5. The lowest BCUT2D eigenvalue weighted by molar-refractivity contribution is -0.384. The second-order valence-corrected chi connectivity index (χ2v) is 7.72. The maximum Gasteiger partial charge on any atom is 0.528 e. The molecule has 1 saturated heterocycles. The first-order chi connectivity index (χ1) is 11.4. The fraction of sp³-hybridized carbons (Fsp3) is 0.286. The van der Waals surface area contributed by atoms with Crippen molar-refractivity contribution in [1.29, 1.82) is 0 Å². The number of carbonyl (C=O) groups is 2. The van der Waals surface area contributed by atoms with Crippen LogP contribution in [0.5, 0.6) is 0 Å². The topological polar surface area (TPSA) is 116 Å². The predicted molar refractivity (Wildman–Crippen MR) is 95.3 cm³/mol. The van der Waals surface area contributed by atoms with Crippen molar-refractivity contribution < 1.29 is 19.2 Å². The van der Waals surface area contributed by atoms with Gasteiger partial charge >= 0.3 is 5.30 Å². The van der Waals surface area contributed by atoms with E-state index in [0.717, 1.165) is 0 Å². The molecular formula is C14H14Cl2N3O5S+. The van der Waals surface area contributed by atoms with Crippen LogP contribution < -0.4 is 5.73 Å². The first-order valence-corrected chi connectivity index (χ1v) is 8.75. The van der Waals surface area contributed by atoms with Crippen molar-refractivity contribution in [3.8, 4) is 0 Å². The third-order valence-corrected chi connectivity index (χ3v) is 6.36. The molecule has 2 heterocycles. The molecule has 2 N–H and O–H groups in total. The lowest BCUT2D eigenvalue weighted by Gasteiger charge is -2.42. The second kappa shape index (κ2) is 7.61. The number of amides is 1. The Morgan fingerprint density at radius 1 is 1.44 bits per heavy atom.